The second kappa shape index (κ2) is 5.02. The van der Waals surface area contributed by atoms with Crippen LogP contribution in [-0.2, 0) is 6.54 Å². The maximum atomic E-state index is 6.00. The van der Waals surface area contributed by atoms with Crippen LogP contribution in [-0.4, -0.2) is 26.0 Å². The largest absolute Gasteiger partial charge is 0.398 e. The van der Waals surface area contributed by atoms with Crippen molar-refractivity contribution < 1.29 is 0 Å². The number of aromatic nitrogens is 3. The molecule has 1 atom stereocenters. The van der Waals surface area contributed by atoms with Crippen LogP contribution in [0.3, 0.4) is 0 Å². The van der Waals surface area contributed by atoms with Crippen LogP contribution in [0.5, 0.6) is 0 Å². The molecule has 0 aliphatic carbocycles. The second-order valence-electron chi connectivity index (χ2n) is 4.62. The number of anilines is 1. The lowest BCUT2D eigenvalue weighted by Gasteiger charge is -2.13. The fourth-order valence-electron chi connectivity index (χ4n) is 2.32. The van der Waals surface area contributed by atoms with Crippen LogP contribution in [0.25, 0.3) is 11.3 Å². The molecule has 1 saturated heterocycles. The lowest BCUT2D eigenvalue weighted by Crippen LogP contribution is -2.10. The lowest BCUT2D eigenvalue weighted by atomic mass is 10.1. The van der Waals surface area contributed by atoms with Crippen molar-refractivity contribution in [3.05, 3.63) is 31.0 Å². The first-order valence-electron chi connectivity index (χ1n) is 6.12. The Morgan fingerprint density at radius 3 is 3.11 bits per heavy atom. The number of nitrogens with zero attached hydrogens (tertiary/aromatic N) is 3. The molecule has 1 aliphatic heterocycles. The Labute approximate surface area is 111 Å². The van der Waals surface area contributed by atoms with Gasteiger partial charge in [-0.3, -0.25) is 4.98 Å². The molecule has 3 heterocycles. The van der Waals surface area contributed by atoms with E-state index in [1.54, 1.807) is 6.20 Å². The maximum absolute atomic E-state index is 6.00. The van der Waals surface area contributed by atoms with Gasteiger partial charge < -0.3 is 10.3 Å². The summed E-state index contributed by atoms with van der Waals surface area (Å²) in [6.07, 6.45) is 8.59. The molecule has 1 aliphatic rings. The number of rotatable bonds is 3. The molecule has 4 nitrogen and oxygen atoms in total. The third-order valence-electron chi connectivity index (χ3n) is 3.32. The average molecular weight is 260 g/mol. The zero-order chi connectivity index (χ0) is 12.4. The predicted octanol–water partition coefficient (Wildman–Crippen LogP) is 2.28. The van der Waals surface area contributed by atoms with E-state index in [0.29, 0.717) is 0 Å². The lowest BCUT2D eigenvalue weighted by molar-refractivity contribution is 0.495. The van der Waals surface area contributed by atoms with Gasteiger partial charge in [-0.2, -0.15) is 11.8 Å². The second-order valence-corrected chi connectivity index (χ2v) is 5.77. The molecular weight excluding hydrogens is 244 g/mol. The van der Waals surface area contributed by atoms with Gasteiger partial charge in [-0.05, 0) is 29.9 Å². The molecule has 94 valence electrons. The van der Waals surface area contributed by atoms with E-state index >= 15 is 0 Å². The number of hydrogen-bond acceptors (Lipinski definition) is 4. The molecule has 0 radical (unpaired) electrons. The summed E-state index contributed by atoms with van der Waals surface area (Å²) in [5.74, 6) is 3.28. The highest BCUT2D eigenvalue weighted by atomic mass is 32.2. The molecule has 2 aromatic heterocycles. The van der Waals surface area contributed by atoms with Gasteiger partial charge in [-0.1, -0.05) is 0 Å². The summed E-state index contributed by atoms with van der Waals surface area (Å²) in [6, 6.07) is 1.83. The van der Waals surface area contributed by atoms with E-state index < -0.39 is 0 Å². The standard InChI is InChI=1S/C13H16N4S/c14-12-1-3-15-5-11(12)13-6-16-9-17(13)7-10-2-4-18-8-10/h1,3,5-6,9-10H,2,4,7-8H2,(H2,14,15). The Kier molecular flexibility index (Phi) is 3.23. The van der Waals surface area contributed by atoms with Crippen molar-refractivity contribution in [1.29, 1.82) is 0 Å². The highest BCUT2D eigenvalue weighted by Crippen LogP contribution is 2.28. The number of hydrogen-bond donors (Lipinski definition) is 1. The number of imidazole rings is 1. The van der Waals surface area contributed by atoms with Crippen LogP contribution in [0.1, 0.15) is 6.42 Å². The molecule has 0 spiro atoms. The molecule has 2 aromatic rings. The summed E-state index contributed by atoms with van der Waals surface area (Å²) in [7, 11) is 0. The van der Waals surface area contributed by atoms with Crippen molar-refractivity contribution in [1.82, 2.24) is 14.5 Å². The quantitative estimate of drug-likeness (QED) is 0.920. The van der Waals surface area contributed by atoms with Gasteiger partial charge in [0.1, 0.15) is 0 Å². The molecule has 0 bridgehead atoms. The van der Waals surface area contributed by atoms with Gasteiger partial charge in [0.05, 0.1) is 18.2 Å². The van der Waals surface area contributed by atoms with Gasteiger partial charge >= 0.3 is 0 Å². The Bertz CT molecular complexity index is 531. The maximum Gasteiger partial charge on any atom is 0.0951 e. The topological polar surface area (TPSA) is 56.7 Å². The first-order valence-corrected chi connectivity index (χ1v) is 7.28. The minimum absolute atomic E-state index is 0.751. The fourth-order valence-corrected chi connectivity index (χ4v) is 3.59. The van der Waals surface area contributed by atoms with E-state index in [-0.39, 0.29) is 0 Å². The number of thioether (sulfide) groups is 1. The Balaban J connectivity index is 1.89. The van der Waals surface area contributed by atoms with Crippen molar-refractivity contribution in [2.75, 3.05) is 17.2 Å². The monoisotopic (exact) mass is 260 g/mol. The summed E-state index contributed by atoms with van der Waals surface area (Å²) >= 11 is 2.04. The van der Waals surface area contributed by atoms with Crippen LogP contribution in [0, 0.1) is 5.92 Å². The smallest absolute Gasteiger partial charge is 0.0951 e. The summed E-state index contributed by atoms with van der Waals surface area (Å²) < 4.78 is 2.20. The number of nitrogen functional groups attached to an aromatic ring is 1. The molecule has 5 heteroatoms. The molecule has 0 aromatic carbocycles. The molecule has 18 heavy (non-hydrogen) atoms. The van der Waals surface area contributed by atoms with Gasteiger partial charge in [0.25, 0.3) is 0 Å². The van der Waals surface area contributed by atoms with Gasteiger partial charge in [-0.15, -0.1) is 0 Å². The first kappa shape index (κ1) is 11.6. The summed E-state index contributed by atoms with van der Waals surface area (Å²) in [5, 5.41) is 0. The van der Waals surface area contributed by atoms with Crippen molar-refractivity contribution in [3.8, 4) is 11.3 Å². The van der Waals surface area contributed by atoms with Gasteiger partial charge in [0, 0.05) is 30.2 Å². The highest BCUT2D eigenvalue weighted by Gasteiger charge is 2.18. The van der Waals surface area contributed by atoms with Crippen LogP contribution < -0.4 is 5.73 Å². The van der Waals surface area contributed by atoms with Crippen LogP contribution in [0.4, 0.5) is 5.69 Å². The first-order chi connectivity index (χ1) is 8.84. The Morgan fingerprint density at radius 1 is 1.39 bits per heavy atom. The zero-order valence-electron chi connectivity index (χ0n) is 10.1. The molecule has 3 rings (SSSR count). The zero-order valence-corrected chi connectivity index (χ0v) is 10.9. The predicted molar refractivity (Wildman–Crippen MR) is 75.3 cm³/mol. The van der Waals surface area contributed by atoms with Gasteiger partial charge in [-0.25, -0.2) is 4.98 Å². The molecule has 1 unspecified atom stereocenters. The molecular formula is C13H16N4S. The van der Waals surface area contributed by atoms with Crippen LogP contribution >= 0.6 is 11.8 Å². The van der Waals surface area contributed by atoms with Crippen molar-refractivity contribution >= 4 is 17.4 Å². The summed E-state index contributed by atoms with van der Waals surface area (Å²) in [5.41, 5.74) is 8.80. The van der Waals surface area contributed by atoms with Crippen molar-refractivity contribution in [3.63, 3.8) is 0 Å². The molecule has 0 amide bonds. The fraction of sp³-hybridized carbons (Fsp3) is 0.385. The van der Waals surface area contributed by atoms with Crippen molar-refractivity contribution in [2.45, 2.75) is 13.0 Å². The van der Waals surface area contributed by atoms with Gasteiger partial charge in [0.2, 0.25) is 0 Å². The summed E-state index contributed by atoms with van der Waals surface area (Å²) in [4.78, 5) is 8.40. The van der Waals surface area contributed by atoms with E-state index in [2.05, 4.69) is 14.5 Å². The van der Waals surface area contributed by atoms with Gasteiger partial charge in [0.15, 0.2) is 0 Å². The third-order valence-corrected chi connectivity index (χ3v) is 4.55. The van der Waals surface area contributed by atoms with Crippen LogP contribution in [0.2, 0.25) is 0 Å². The highest BCUT2D eigenvalue weighted by molar-refractivity contribution is 7.99. The van der Waals surface area contributed by atoms with E-state index in [4.69, 9.17) is 5.73 Å². The molecule has 0 saturated carbocycles. The normalized spacial score (nSPS) is 19.2. The number of nitrogens with two attached hydrogens (primary N) is 1. The minimum atomic E-state index is 0.751. The third kappa shape index (κ3) is 2.22. The Morgan fingerprint density at radius 2 is 2.33 bits per heavy atom. The molecule has 2 N–H and O–H groups in total. The van der Waals surface area contributed by atoms with E-state index in [0.717, 1.165) is 29.4 Å². The number of pyridine rings is 1. The average Bonchev–Trinajstić information content (AvgIpc) is 3.02. The van der Waals surface area contributed by atoms with E-state index in [1.165, 1.54) is 17.9 Å². The van der Waals surface area contributed by atoms with E-state index in [9.17, 15) is 0 Å². The SMILES string of the molecule is Nc1ccncc1-c1cncn1CC1CCSC1. The minimum Gasteiger partial charge on any atom is -0.398 e. The Hall–Kier alpha value is -1.49. The molecule has 1 fully saturated rings. The van der Waals surface area contributed by atoms with E-state index in [1.807, 2.05) is 36.5 Å². The van der Waals surface area contributed by atoms with Crippen molar-refractivity contribution in [2.24, 2.45) is 5.92 Å². The summed E-state index contributed by atoms with van der Waals surface area (Å²) in [6.45, 7) is 1.02. The van der Waals surface area contributed by atoms with Crippen LogP contribution in [0.15, 0.2) is 31.0 Å².